The van der Waals surface area contributed by atoms with Crippen LogP contribution in [0, 0.1) is 5.92 Å². The summed E-state index contributed by atoms with van der Waals surface area (Å²) in [6.45, 7) is 6.43. The number of rotatable bonds is 7. The maximum atomic E-state index is 6.14. The average Bonchev–Trinajstić information content (AvgIpc) is 2.83. The highest BCUT2D eigenvalue weighted by Crippen LogP contribution is 2.28. The number of nitrogens with one attached hydrogen (secondary N) is 1. The monoisotopic (exact) mass is 341 g/mol. The fourth-order valence-electron chi connectivity index (χ4n) is 2.32. The van der Waals surface area contributed by atoms with E-state index in [9.17, 15) is 0 Å². The second-order valence-corrected chi connectivity index (χ2v) is 7.95. The molecule has 114 valence electrons. The zero-order valence-electron chi connectivity index (χ0n) is 12.4. The summed E-state index contributed by atoms with van der Waals surface area (Å²) in [4.78, 5) is 1.32. The Morgan fingerprint density at radius 2 is 1.90 bits per heavy atom. The van der Waals surface area contributed by atoms with Gasteiger partial charge in [0.25, 0.3) is 0 Å². The fourth-order valence-corrected chi connectivity index (χ4v) is 3.69. The summed E-state index contributed by atoms with van der Waals surface area (Å²) in [6, 6.07) is 12.3. The first-order valence-corrected chi connectivity index (χ1v) is 8.82. The molecule has 1 aromatic heterocycles. The summed E-state index contributed by atoms with van der Waals surface area (Å²) in [5.41, 5.74) is 1.28. The lowest BCUT2D eigenvalue weighted by Crippen LogP contribution is -2.26. The molecule has 0 saturated carbocycles. The maximum Gasteiger partial charge on any atom is 0.0931 e. The number of thiophene rings is 1. The van der Waals surface area contributed by atoms with Crippen molar-refractivity contribution in [1.29, 1.82) is 0 Å². The number of hydrogen-bond donors (Lipinski definition) is 1. The van der Waals surface area contributed by atoms with Gasteiger partial charge in [-0.1, -0.05) is 49.2 Å². The van der Waals surface area contributed by atoms with Crippen LogP contribution in [-0.4, -0.2) is 13.1 Å². The fraction of sp³-hybridized carbons (Fsp3) is 0.412. The largest absolute Gasteiger partial charge is 0.316 e. The van der Waals surface area contributed by atoms with Crippen molar-refractivity contribution < 1.29 is 0 Å². The van der Waals surface area contributed by atoms with Crippen LogP contribution in [0.1, 0.15) is 30.2 Å². The number of halogens is 2. The highest BCUT2D eigenvalue weighted by atomic mass is 35.5. The first kappa shape index (κ1) is 16.8. The topological polar surface area (TPSA) is 12.0 Å². The lowest BCUT2D eigenvalue weighted by Gasteiger charge is -2.19. The van der Waals surface area contributed by atoms with Gasteiger partial charge in [0.05, 0.1) is 4.34 Å². The molecule has 1 heterocycles. The zero-order valence-corrected chi connectivity index (χ0v) is 14.7. The second kappa shape index (κ2) is 8.19. The molecule has 0 fully saturated rings. The lowest BCUT2D eigenvalue weighted by molar-refractivity contribution is 0.515. The van der Waals surface area contributed by atoms with Crippen molar-refractivity contribution in [2.24, 2.45) is 5.92 Å². The van der Waals surface area contributed by atoms with E-state index in [0.717, 1.165) is 28.9 Å². The highest BCUT2D eigenvalue weighted by Gasteiger charge is 2.14. The smallest absolute Gasteiger partial charge is 0.0931 e. The summed E-state index contributed by atoms with van der Waals surface area (Å²) in [6.07, 6.45) is 0.989. The minimum Gasteiger partial charge on any atom is -0.316 e. The van der Waals surface area contributed by atoms with Gasteiger partial charge in [0.2, 0.25) is 0 Å². The molecule has 0 aliphatic carbocycles. The van der Waals surface area contributed by atoms with Crippen LogP contribution in [0.15, 0.2) is 36.4 Å². The standard InChI is InChI=1S/C17H21Cl2NS/c1-12(2)10-20-11-14(9-16-6-7-17(19)21-16)13-4-3-5-15(18)8-13/h3-8,12,14,20H,9-11H2,1-2H3. The van der Waals surface area contributed by atoms with Gasteiger partial charge in [0.1, 0.15) is 0 Å². The quantitative estimate of drug-likeness (QED) is 0.688. The van der Waals surface area contributed by atoms with Crippen LogP contribution in [0.3, 0.4) is 0 Å². The second-order valence-electron chi connectivity index (χ2n) is 5.71. The van der Waals surface area contributed by atoms with Crippen molar-refractivity contribution in [3.8, 4) is 0 Å². The molecule has 1 unspecified atom stereocenters. The molecule has 21 heavy (non-hydrogen) atoms. The van der Waals surface area contributed by atoms with Crippen molar-refractivity contribution >= 4 is 34.5 Å². The van der Waals surface area contributed by atoms with Crippen molar-refractivity contribution in [2.45, 2.75) is 26.2 Å². The minimum atomic E-state index is 0.414. The van der Waals surface area contributed by atoms with E-state index in [4.69, 9.17) is 23.2 Å². The van der Waals surface area contributed by atoms with Crippen LogP contribution in [0.5, 0.6) is 0 Å². The lowest BCUT2D eigenvalue weighted by atomic mass is 9.94. The molecule has 0 aliphatic heterocycles. The number of hydrogen-bond acceptors (Lipinski definition) is 2. The Bertz CT molecular complexity index is 565. The molecule has 0 aliphatic rings. The Hall–Kier alpha value is -0.540. The van der Waals surface area contributed by atoms with E-state index >= 15 is 0 Å². The van der Waals surface area contributed by atoms with Crippen molar-refractivity contribution in [3.63, 3.8) is 0 Å². The molecule has 0 spiro atoms. The van der Waals surface area contributed by atoms with Gasteiger partial charge >= 0.3 is 0 Å². The molecule has 1 N–H and O–H groups in total. The first-order chi connectivity index (χ1) is 10.0. The third kappa shape index (κ3) is 5.63. The average molecular weight is 342 g/mol. The van der Waals surface area contributed by atoms with Crippen LogP contribution in [0.4, 0.5) is 0 Å². The Kier molecular flexibility index (Phi) is 6.56. The Morgan fingerprint density at radius 3 is 2.52 bits per heavy atom. The summed E-state index contributed by atoms with van der Waals surface area (Å²) < 4.78 is 0.852. The van der Waals surface area contributed by atoms with Gasteiger partial charge in [-0.3, -0.25) is 0 Å². The normalized spacial score (nSPS) is 12.8. The van der Waals surface area contributed by atoms with Crippen LogP contribution >= 0.6 is 34.5 Å². The van der Waals surface area contributed by atoms with Gasteiger partial charge in [-0.05, 0) is 48.7 Å². The molecule has 0 bridgehead atoms. The molecular weight excluding hydrogens is 321 g/mol. The summed E-state index contributed by atoms with van der Waals surface area (Å²) in [5, 5.41) is 4.36. The van der Waals surface area contributed by atoms with Crippen LogP contribution in [0.25, 0.3) is 0 Å². The molecule has 0 saturated heterocycles. The molecular formula is C17H21Cl2NS. The summed E-state index contributed by atoms with van der Waals surface area (Å²) >= 11 is 13.8. The molecule has 1 nitrogen and oxygen atoms in total. The Balaban J connectivity index is 2.09. The third-order valence-electron chi connectivity index (χ3n) is 3.34. The molecule has 0 radical (unpaired) electrons. The van der Waals surface area contributed by atoms with Gasteiger partial charge in [0, 0.05) is 22.4 Å². The third-order valence-corrected chi connectivity index (χ3v) is 4.83. The van der Waals surface area contributed by atoms with Gasteiger partial charge in [-0.15, -0.1) is 11.3 Å². The van der Waals surface area contributed by atoms with Crippen molar-refractivity contribution in [2.75, 3.05) is 13.1 Å². The van der Waals surface area contributed by atoms with Gasteiger partial charge < -0.3 is 5.32 Å². The molecule has 2 aromatic rings. The van der Waals surface area contributed by atoms with Gasteiger partial charge in [0.15, 0.2) is 0 Å². The van der Waals surface area contributed by atoms with Crippen LogP contribution in [0.2, 0.25) is 9.36 Å². The Morgan fingerprint density at radius 1 is 1.10 bits per heavy atom. The SMILES string of the molecule is CC(C)CNCC(Cc1ccc(Cl)s1)c1cccc(Cl)c1. The molecule has 0 amide bonds. The van der Waals surface area contributed by atoms with Crippen molar-refractivity contribution in [3.05, 3.63) is 56.2 Å². The Labute approximate surface area is 141 Å². The van der Waals surface area contributed by atoms with E-state index < -0.39 is 0 Å². The van der Waals surface area contributed by atoms with Gasteiger partial charge in [-0.2, -0.15) is 0 Å². The number of benzene rings is 1. The summed E-state index contributed by atoms with van der Waals surface area (Å²) in [5.74, 6) is 1.07. The molecule has 4 heteroatoms. The van der Waals surface area contributed by atoms with E-state index in [0.29, 0.717) is 11.8 Å². The molecule has 1 aromatic carbocycles. The molecule has 1 atom stereocenters. The predicted octanol–water partition coefficient (Wildman–Crippen LogP) is 5.63. The summed E-state index contributed by atoms with van der Waals surface area (Å²) in [7, 11) is 0. The maximum absolute atomic E-state index is 6.14. The van der Waals surface area contributed by atoms with Crippen molar-refractivity contribution in [1.82, 2.24) is 5.32 Å². The van der Waals surface area contributed by atoms with Gasteiger partial charge in [-0.25, -0.2) is 0 Å². The minimum absolute atomic E-state index is 0.414. The van der Waals surface area contributed by atoms with Crippen LogP contribution < -0.4 is 5.32 Å². The molecule has 2 rings (SSSR count). The zero-order chi connectivity index (χ0) is 15.2. The van der Waals surface area contributed by atoms with E-state index in [-0.39, 0.29) is 0 Å². The van der Waals surface area contributed by atoms with Crippen LogP contribution in [-0.2, 0) is 6.42 Å². The first-order valence-electron chi connectivity index (χ1n) is 7.25. The van der Waals surface area contributed by atoms with E-state index in [1.807, 2.05) is 18.2 Å². The highest BCUT2D eigenvalue weighted by molar-refractivity contribution is 7.16. The van der Waals surface area contributed by atoms with E-state index in [1.165, 1.54) is 10.4 Å². The van der Waals surface area contributed by atoms with E-state index in [1.54, 1.807) is 11.3 Å². The van der Waals surface area contributed by atoms with E-state index in [2.05, 4.69) is 37.4 Å². The predicted molar refractivity (Wildman–Crippen MR) is 94.9 cm³/mol.